The molecule has 1 aromatic carbocycles. The Morgan fingerprint density at radius 1 is 1.25 bits per heavy atom. The Kier molecular flexibility index (Phi) is 9.12. The summed E-state index contributed by atoms with van der Waals surface area (Å²) < 4.78 is 12.2. The Morgan fingerprint density at radius 3 is 2.54 bits per heavy atom. The third kappa shape index (κ3) is 6.68. The Balaban J connectivity index is 0.00000288. The highest BCUT2D eigenvalue weighted by Crippen LogP contribution is 2.15. The Morgan fingerprint density at radius 2 is 1.96 bits per heavy atom. The van der Waals surface area contributed by atoms with E-state index >= 15 is 0 Å². The zero-order valence-corrected chi connectivity index (χ0v) is 17.8. The van der Waals surface area contributed by atoms with E-state index in [-0.39, 0.29) is 24.0 Å². The molecule has 1 heterocycles. The number of oxazole rings is 1. The van der Waals surface area contributed by atoms with Crippen LogP contribution in [0.25, 0.3) is 0 Å². The molecule has 0 aliphatic heterocycles. The number of nitrogens with one attached hydrogen (secondary N) is 2. The highest BCUT2D eigenvalue weighted by atomic mass is 127. The number of halogens is 2. The zero-order valence-electron chi connectivity index (χ0n) is 13.9. The second-order valence-corrected chi connectivity index (χ2v) is 5.82. The molecule has 0 amide bonds. The molecular formula is C16H22BrIN4O2. The van der Waals surface area contributed by atoms with Crippen LogP contribution in [0.1, 0.15) is 17.3 Å². The fourth-order valence-electron chi connectivity index (χ4n) is 1.86. The largest absolute Gasteiger partial charge is 0.492 e. The first-order chi connectivity index (χ1) is 11.1. The van der Waals surface area contributed by atoms with Gasteiger partial charge in [-0.05, 0) is 38.1 Å². The molecule has 0 fully saturated rings. The third-order valence-electron chi connectivity index (χ3n) is 3.18. The topological polar surface area (TPSA) is 71.7 Å². The summed E-state index contributed by atoms with van der Waals surface area (Å²) in [5.74, 6) is 3.00. The van der Waals surface area contributed by atoms with Crippen LogP contribution in [-0.4, -0.2) is 31.1 Å². The highest BCUT2D eigenvalue weighted by Gasteiger charge is 2.06. The van der Waals surface area contributed by atoms with Gasteiger partial charge < -0.3 is 19.8 Å². The molecule has 0 aliphatic rings. The fraction of sp³-hybridized carbons (Fsp3) is 0.375. The standard InChI is InChI=1S/C16H21BrN4O2.HI/c1-11-12(2)23-15(21-11)10-20-16(18-3)19-8-9-22-14-6-4-13(17)5-7-14;/h4-7H,8-10H2,1-3H3,(H2,18,19,20);1H. The molecule has 132 valence electrons. The van der Waals surface area contributed by atoms with Gasteiger partial charge in [-0.3, -0.25) is 4.99 Å². The first-order valence-electron chi connectivity index (χ1n) is 7.34. The number of guanidine groups is 1. The second-order valence-electron chi connectivity index (χ2n) is 4.90. The maximum atomic E-state index is 5.64. The van der Waals surface area contributed by atoms with E-state index in [4.69, 9.17) is 9.15 Å². The number of aliphatic imine (C=N–C) groups is 1. The zero-order chi connectivity index (χ0) is 16.7. The van der Waals surface area contributed by atoms with E-state index in [1.54, 1.807) is 7.05 Å². The molecule has 0 saturated carbocycles. The second kappa shape index (κ2) is 10.5. The van der Waals surface area contributed by atoms with E-state index in [9.17, 15) is 0 Å². The van der Waals surface area contributed by atoms with Crippen LogP contribution in [0.5, 0.6) is 5.75 Å². The van der Waals surface area contributed by atoms with Crippen LogP contribution in [0.4, 0.5) is 0 Å². The van der Waals surface area contributed by atoms with Crippen LogP contribution in [0.2, 0.25) is 0 Å². The predicted octanol–water partition coefficient (Wildman–Crippen LogP) is 3.42. The van der Waals surface area contributed by atoms with E-state index in [0.29, 0.717) is 31.5 Å². The van der Waals surface area contributed by atoms with E-state index in [0.717, 1.165) is 21.7 Å². The molecule has 2 N–H and O–H groups in total. The van der Waals surface area contributed by atoms with Gasteiger partial charge in [0, 0.05) is 11.5 Å². The van der Waals surface area contributed by atoms with Gasteiger partial charge in [0.15, 0.2) is 5.96 Å². The van der Waals surface area contributed by atoms with Crippen LogP contribution >= 0.6 is 39.9 Å². The van der Waals surface area contributed by atoms with Crippen LogP contribution < -0.4 is 15.4 Å². The smallest absolute Gasteiger partial charge is 0.214 e. The molecule has 0 atom stereocenters. The average Bonchev–Trinajstić information content (AvgIpc) is 2.87. The van der Waals surface area contributed by atoms with Gasteiger partial charge in [-0.1, -0.05) is 15.9 Å². The summed E-state index contributed by atoms with van der Waals surface area (Å²) >= 11 is 3.39. The maximum Gasteiger partial charge on any atom is 0.214 e. The first-order valence-corrected chi connectivity index (χ1v) is 8.13. The van der Waals surface area contributed by atoms with Gasteiger partial charge in [0.05, 0.1) is 18.8 Å². The summed E-state index contributed by atoms with van der Waals surface area (Å²) in [6.45, 7) is 5.49. The van der Waals surface area contributed by atoms with Gasteiger partial charge in [-0.15, -0.1) is 24.0 Å². The van der Waals surface area contributed by atoms with Crippen molar-refractivity contribution in [2.45, 2.75) is 20.4 Å². The minimum Gasteiger partial charge on any atom is -0.492 e. The summed E-state index contributed by atoms with van der Waals surface area (Å²) in [5, 5.41) is 6.33. The minimum absolute atomic E-state index is 0. The van der Waals surface area contributed by atoms with Crippen LogP contribution in [0.3, 0.4) is 0 Å². The summed E-state index contributed by atoms with van der Waals surface area (Å²) in [6, 6.07) is 7.74. The van der Waals surface area contributed by atoms with Crippen molar-refractivity contribution >= 4 is 45.9 Å². The Labute approximate surface area is 167 Å². The molecular weight excluding hydrogens is 487 g/mol. The van der Waals surface area contributed by atoms with Crippen molar-refractivity contribution in [1.29, 1.82) is 0 Å². The Bertz CT molecular complexity index is 639. The first kappa shape index (κ1) is 20.8. The monoisotopic (exact) mass is 508 g/mol. The molecule has 6 nitrogen and oxygen atoms in total. The fourth-order valence-corrected chi connectivity index (χ4v) is 2.13. The van der Waals surface area contributed by atoms with Crippen molar-refractivity contribution in [2.75, 3.05) is 20.2 Å². The molecule has 24 heavy (non-hydrogen) atoms. The average molecular weight is 509 g/mol. The van der Waals surface area contributed by atoms with Crippen LogP contribution in [-0.2, 0) is 6.54 Å². The quantitative estimate of drug-likeness (QED) is 0.271. The van der Waals surface area contributed by atoms with Gasteiger partial charge in [0.1, 0.15) is 18.1 Å². The van der Waals surface area contributed by atoms with E-state index < -0.39 is 0 Å². The number of ether oxygens (including phenoxy) is 1. The van der Waals surface area contributed by atoms with Crippen molar-refractivity contribution in [1.82, 2.24) is 15.6 Å². The summed E-state index contributed by atoms with van der Waals surface area (Å²) in [7, 11) is 1.72. The summed E-state index contributed by atoms with van der Waals surface area (Å²) in [4.78, 5) is 8.47. The number of rotatable bonds is 6. The minimum atomic E-state index is 0. The van der Waals surface area contributed by atoms with E-state index in [1.165, 1.54) is 0 Å². The lowest BCUT2D eigenvalue weighted by atomic mass is 10.3. The molecule has 2 aromatic rings. The van der Waals surface area contributed by atoms with Gasteiger partial charge in [0.2, 0.25) is 5.89 Å². The molecule has 0 bridgehead atoms. The van der Waals surface area contributed by atoms with Crippen molar-refractivity contribution in [3.63, 3.8) is 0 Å². The van der Waals surface area contributed by atoms with Gasteiger partial charge >= 0.3 is 0 Å². The summed E-state index contributed by atoms with van der Waals surface area (Å²) in [5.41, 5.74) is 0.910. The van der Waals surface area contributed by atoms with E-state index in [2.05, 4.69) is 36.5 Å². The maximum absolute atomic E-state index is 5.64. The number of hydrogen-bond donors (Lipinski definition) is 2. The number of aromatic nitrogens is 1. The molecule has 0 aliphatic carbocycles. The third-order valence-corrected chi connectivity index (χ3v) is 3.71. The number of benzene rings is 1. The number of aryl methyl sites for hydroxylation is 2. The van der Waals surface area contributed by atoms with Crippen LogP contribution in [0.15, 0.2) is 38.1 Å². The Hall–Kier alpha value is -1.29. The lowest BCUT2D eigenvalue weighted by Crippen LogP contribution is -2.38. The molecule has 0 unspecified atom stereocenters. The molecule has 8 heteroatoms. The number of nitrogens with zero attached hydrogens (tertiary/aromatic N) is 2. The molecule has 0 radical (unpaired) electrons. The lowest BCUT2D eigenvalue weighted by Gasteiger charge is -2.11. The van der Waals surface area contributed by atoms with Gasteiger partial charge in [-0.2, -0.15) is 0 Å². The normalized spacial score (nSPS) is 10.9. The van der Waals surface area contributed by atoms with Crippen molar-refractivity contribution in [3.8, 4) is 5.75 Å². The molecule has 2 rings (SSSR count). The van der Waals surface area contributed by atoms with Crippen molar-refractivity contribution in [3.05, 3.63) is 46.1 Å². The van der Waals surface area contributed by atoms with E-state index in [1.807, 2.05) is 38.1 Å². The van der Waals surface area contributed by atoms with Gasteiger partial charge in [-0.25, -0.2) is 4.98 Å². The molecule has 1 aromatic heterocycles. The predicted molar refractivity (Wildman–Crippen MR) is 109 cm³/mol. The van der Waals surface area contributed by atoms with Crippen LogP contribution in [0, 0.1) is 13.8 Å². The molecule has 0 spiro atoms. The van der Waals surface area contributed by atoms with Gasteiger partial charge in [0.25, 0.3) is 0 Å². The van der Waals surface area contributed by atoms with Crippen molar-refractivity contribution < 1.29 is 9.15 Å². The lowest BCUT2D eigenvalue weighted by molar-refractivity contribution is 0.321. The molecule has 0 saturated heterocycles. The van der Waals surface area contributed by atoms with Crippen molar-refractivity contribution in [2.24, 2.45) is 4.99 Å². The number of hydrogen-bond acceptors (Lipinski definition) is 4. The highest BCUT2D eigenvalue weighted by molar-refractivity contribution is 14.0. The SMILES string of the molecule is CN=C(NCCOc1ccc(Br)cc1)NCc1nc(C)c(C)o1.I. The summed E-state index contributed by atoms with van der Waals surface area (Å²) in [6.07, 6.45) is 0.